The van der Waals surface area contributed by atoms with Gasteiger partial charge >= 0.3 is 0 Å². The van der Waals surface area contributed by atoms with Crippen molar-refractivity contribution in [3.8, 4) is 0 Å². The lowest BCUT2D eigenvalue weighted by Crippen LogP contribution is -2.64. The fraction of sp³-hybridized carbons (Fsp3) is 1.00. The molecule has 1 saturated carbocycles. The van der Waals surface area contributed by atoms with Gasteiger partial charge in [0.25, 0.3) is 0 Å². The molecule has 23 heavy (non-hydrogen) atoms. The molecule has 3 nitrogen and oxygen atoms in total. The van der Waals surface area contributed by atoms with E-state index in [2.05, 4.69) is 35.5 Å². The Morgan fingerprint density at radius 3 is 2.17 bits per heavy atom. The van der Waals surface area contributed by atoms with Crippen molar-refractivity contribution in [2.45, 2.75) is 77.4 Å². The number of nitrogens with zero attached hydrogens (tertiary/aromatic N) is 3. The standard InChI is InChI=1S/C20H37N3/c1-16(2)23-14-19(15-23)21-9-6-20(7-10-21)11-18(12-20)22-8-4-5-17(3)13-22/h16-19H,4-15H2,1-3H3. The van der Waals surface area contributed by atoms with E-state index in [0.717, 1.165) is 29.5 Å². The van der Waals surface area contributed by atoms with Crippen LogP contribution in [0.1, 0.15) is 59.3 Å². The molecule has 3 heterocycles. The minimum atomic E-state index is 0.738. The van der Waals surface area contributed by atoms with Gasteiger partial charge in [0.2, 0.25) is 0 Å². The minimum absolute atomic E-state index is 0.738. The third-order valence-electron chi connectivity index (χ3n) is 7.54. The lowest BCUT2D eigenvalue weighted by atomic mass is 9.59. The van der Waals surface area contributed by atoms with Crippen LogP contribution in [0.25, 0.3) is 0 Å². The summed E-state index contributed by atoms with van der Waals surface area (Å²) in [5.74, 6) is 0.935. The highest BCUT2D eigenvalue weighted by Gasteiger charge is 2.49. The summed E-state index contributed by atoms with van der Waals surface area (Å²) in [4.78, 5) is 8.25. The number of likely N-dealkylation sites (tertiary alicyclic amines) is 3. The van der Waals surface area contributed by atoms with E-state index in [9.17, 15) is 0 Å². The summed E-state index contributed by atoms with van der Waals surface area (Å²) in [5.41, 5.74) is 0.739. The Morgan fingerprint density at radius 1 is 0.870 bits per heavy atom. The molecule has 0 radical (unpaired) electrons. The predicted molar refractivity (Wildman–Crippen MR) is 96.7 cm³/mol. The van der Waals surface area contributed by atoms with E-state index in [1.807, 2.05) is 0 Å². The molecule has 3 saturated heterocycles. The Bertz CT molecular complexity index is 399. The summed E-state index contributed by atoms with van der Waals surface area (Å²) in [6, 6.07) is 2.54. The van der Waals surface area contributed by atoms with Crippen LogP contribution < -0.4 is 0 Å². The summed E-state index contributed by atoms with van der Waals surface area (Å²) in [6.45, 7) is 15.2. The molecule has 3 heteroatoms. The van der Waals surface area contributed by atoms with Gasteiger partial charge in [0.1, 0.15) is 0 Å². The average Bonchev–Trinajstić information content (AvgIpc) is 2.44. The molecular weight excluding hydrogens is 282 g/mol. The highest BCUT2D eigenvalue weighted by atomic mass is 15.3. The quantitative estimate of drug-likeness (QED) is 0.791. The first kappa shape index (κ1) is 16.4. The van der Waals surface area contributed by atoms with Gasteiger partial charge in [0.05, 0.1) is 0 Å². The maximum Gasteiger partial charge on any atom is 0.0350 e. The molecule has 4 rings (SSSR count). The van der Waals surface area contributed by atoms with Crippen molar-refractivity contribution < 1.29 is 0 Å². The molecule has 132 valence electrons. The lowest BCUT2D eigenvalue weighted by Gasteiger charge is -2.58. The van der Waals surface area contributed by atoms with Crippen LogP contribution in [0, 0.1) is 11.3 Å². The molecule has 1 atom stereocenters. The second-order valence-corrected chi connectivity index (χ2v) is 9.54. The van der Waals surface area contributed by atoms with E-state index in [0.29, 0.717) is 0 Å². The van der Waals surface area contributed by atoms with Crippen LogP contribution in [0.15, 0.2) is 0 Å². The third-order valence-corrected chi connectivity index (χ3v) is 7.54. The van der Waals surface area contributed by atoms with Gasteiger partial charge in [-0.25, -0.2) is 0 Å². The van der Waals surface area contributed by atoms with Crippen LogP contribution in [-0.2, 0) is 0 Å². The second-order valence-electron chi connectivity index (χ2n) is 9.54. The van der Waals surface area contributed by atoms with Crippen molar-refractivity contribution in [3.05, 3.63) is 0 Å². The zero-order valence-corrected chi connectivity index (χ0v) is 15.6. The molecular formula is C20H37N3. The number of hydrogen-bond acceptors (Lipinski definition) is 3. The Balaban J connectivity index is 1.21. The van der Waals surface area contributed by atoms with Gasteiger partial charge in [0, 0.05) is 37.8 Å². The van der Waals surface area contributed by atoms with Crippen molar-refractivity contribution in [1.29, 1.82) is 0 Å². The number of piperidine rings is 2. The van der Waals surface area contributed by atoms with Gasteiger partial charge in [-0.1, -0.05) is 6.92 Å². The fourth-order valence-electron chi connectivity index (χ4n) is 5.67. The molecule has 1 aliphatic carbocycles. The number of rotatable bonds is 3. The van der Waals surface area contributed by atoms with E-state index in [1.165, 1.54) is 77.8 Å². The zero-order chi connectivity index (χ0) is 16.0. The average molecular weight is 320 g/mol. The first-order chi connectivity index (χ1) is 11.0. The van der Waals surface area contributed by atoms with Crippen molar-refractivity contribution >= 4 is 0 Å². The molecule has 0 bridgehead atoms. The van der Waals surface area contributed by atoms with Crippen LogP contribution in [0.2, 0.25) is 0 Å². The second kappa shape index (κ2) is 6.31. The normalized spacial score (nSPS) is 34.7. The van der Waals surface area contributed by atoms with E-state index in [-0.39, 0.29) is 0 Å². The molecule has 1 spiro atoms. The van der Waals surface area contributed by atoms with Crippen molar-refractivity contribution in [3.63, 3.8) is 0 Å². The van der Waals surface area contributed by atoms with Gasteiger partial charge in [-0.2, -0.15) is 0 Å². The van der Waals surface area contributed by atoms with Crippen molar-refractivity contribution in [2.75, 3.05) is 39.3 Å². The molecule has 0 N–H and O–H groups in total. The maximum absolute atomic E-state index is 2.83. The van der Waals surface area contributed by atoms with Crippen molar-refractivity contribution in [1.82, 2.24) is 14.7 Å². The minimum Gasteiger partial charge on any atom is -0.300 e. The molecule has 0 aromatic rings. The van der Waals surface area contributed by atoms with Crippen LogP contribution in [0.5, 0.6) is 0 Å². The molecule has 4 fully saturated rings. The highest BCUT2D eigenvalue weighted by molar-refractivity contribution is 5.03. The zero-order valence-electron chi connectivity index (χ0n) is 15.6. The first-order valence-electron chi connectivity index (χ1n) is 10.3. The monoisotopic (exact) mass is 319 g/mol. The largest absolute Gasteiger partial charge is 0.300 e. The predicted octanol–water partition coefficient (Wildman–Crippen LogP) is 3.06. The molecule has 0 aromatic carbocycles. The topological polar surface area (TPSA) is 9.72 Å². The van der Waals surface area contributed by atoms with Gasteiger partial charge in [-0.3, -0.25) is 9.80 Å². The smallest absolute Gasteiger partial charge is 0.0350 e. The number of hydrogen-bond donors (Lipinski definition) is 0. The Morgan fingerprint density at radius 2 is 1.57 bits per heavy atom. The van der Waals surface area contributed by atoms with Gasteiger partial charge in [-0.15, -0.1) is 0 Å². The van der Waals surface area contributed by atoms with Gasteiger partial charge in [-0.05, 0) is 83.3 Å². The SMILES string of the molecule is CC1CCCN(C2CC3(CCN(C4CN(C(C)C)C4)CC3)C2)C1. The summed E-state index contributed by atoms with van der Waals surface area (Å²) in [7, 11) is 0. The van der Waals surface area contributed by atoms with E-state index in [1.54, 1.807) is 0 Å². The fourth-order valence-corrected chi connectivity index (χ4v) is 5.67. The van der Waals surface area contributed by atoms with Crippen LogP contribution >= 0.6 is 0 Å². The molecule has 1 unspecified atom stereocenters. The summed E-state index contributed by atoms with van der Waals surface area (Å²) in [6.07, 6.45) is 8.87. The Labute approximate surface area is 143 Å². The lowest BCUT2D eigenvalue weighted by molar-refractivity contribution is -0.0765. The van der Waals surface area contributed by atoms with Gasteiger partial charge < -0.3 is 4.90 Å². The maximum atomic E-state index is 2.83. The van der Waals surface area contributed by atoms with E-state index < -0.39 is 0 Å². The molecule has 0 amide bonds. The molecule has 3 aliphatic heterocycles. The summed E-state index contributed by atoms with van der Waals surface area (Å²) < 4.78 is 0. The Hall–Kier alpha value is -0.120. The Kier molecular flexibility index (Phi) is 4.49. The van der Waals surface area contributed by atoms with Gasteiger partial charge in [0.15, 0.2) is 0 Å². The summed E-state index contributed by atoms with van der Waals surface area (Å²) >= 11 is 0. The van der Waals surface area contributed by atoms with E-state index >= 15 is 0 Å². The van der Waals surface area contributed by atoms with Crippen LogP contribution in [0.4, 0.5) is 0 Å². The van der Waals surface area contributed by atoms with Crippen LogP contribution in [-0.4, -0.2) is 72.1 Å². The van der Waals surface area contributed by atoms with Crippen molar-refractivity contribution in [2.24, 2.45) is 11.3 Å². The third kappa shape index (κ3) is 3.21. The molecule has 0 aromatic heterocycles. The molecule has 4 aliphatic rings. The first-order valence-corrected chi connectivity index (χ1v) is 10.3. The van der Waals surface area contributed by atoms with E-state index in [4.69, 9.17) is 0 Å². The van der Waals surface area contributed by atoms with Crippen LogP contribution in [0.3, 0.4) is 0 Å². The summed E-state index contributed by atoms with van der Waals surface area (Å²) in [5, 5.41) is 0. The highest BCUT2D eigenvalue weighted by Crippen LogP contribution is 2.51.